The van der Waals surface area contributed by atoms with Gasteiger partial charge in [-0.2, -0.15) is 0 Å². The van der Waals surface area contributed by atoms with Crippen LogP contribution in [0.2, 0.25) is 0 Å². The molecule has 12 heteroatoms. The van der Waals surface area contributed by atoms with Crippen molar-refractivity contribution < 1.29 is 30.0 Å². The van der Waals surface area contributed by atoms with Crippen LogP contribution < -0.4 is 0 Å². The lowest BCUT2D eigenvalue weighted by Crippen LogP contribution is -2.47. The van der Waals surface area contributed by atoms with Crippen LogP contribution in [-0.2, 0) is 9.53 Å². The van der Waals surface area contributed by atoms with E-state index in [9.17, 15) is 25.2 Å². The number of aliphatic hydroxyl groups is 4. The molecule has 101 heavy (non-hydrogen) atoms. The summed E-state index contributed by atoms with van der Waals surface area (Å²) in [7, 11) is 3.98. The van der Waals surface area contributed by atoms with Crippen molar-refractivity contribution >= 4 is 27.6 Å². The highest BCUT2D eigenvalue weighted by Crippen LogP contribution is 2.24. The molecule has 1 rings (SSSR count). The Morgan fingerprint density at radius 1 is 0.337 bits per heavy atom. The molecule has 1 saturated heterocycles. The van der Waals surface area contributed by atoms with Crippen molar-refractivity contribution in [3.05, 3.63) is 72.9 Å². The molecule has 592 valence electrons. The van der Waals surface area contributed by atoms with Crippen molar-refractivity contribution in [2.75, 3.05) is 96.6 Å². The lowest BCUT2D eigenvalue weighted by atomic mass is 10.1. The maximum atomic E-state index is 12.9. The zero-order valence-electron chi connectivity index (χ0n) is 67.0. The van der Waals surface area contributed by atoms with E-state index in [1.165, 1.54) is 205 Å². The van der Waals surface area contributed by atoms with Crippen LogP contribution in [0.1, 0.15) is 368 Å². The minimum Gasteiger partial charge on any atom is -0.464 e. The molecule has 1 heterocycles. The van der Waals surface area contributed by atoms with Crippen molar-refractivity contribution in [3.8, 4) is 0 Å². The molecule has 0 spiro atoms. The van der Waals surface area contributed by atoms with Gasteiger partial charge in [-0.15, -0.1) is 0 Å². The largest absolute Gasteiger partial charge is 0.464 e. The van der Waals surface area contributed by atoms with Gasteiger partial charge in [0.05, 0.1) is 24.4 Å². The number of hydrogen-bond acceptors (Lipinski definition) is 12. The average molecular weight is 1450 g/mol. The third-order valence-corrected chi connectivity index (χ3v) is 22.7. The number of piperazine rings is 1. The predicted molar refractivity (Wildman–Crippen MR) is 448 cm³/mol. The Hall–Kier alpha value is -1.71. The van der Waals surface area contributed by atoms with Crippen molar-refractivity contribution in [1.82, 2.24) is 19.6 Å². The number of allylic oxidation sites excluding steroid dienone is 12. The normalized spacial score (nSPS) is 15.0. The highest BCUT2D eigenvalue weighted by molar-refractivity contribution is 8.76. The molecule has 4 atom stereocenters. The fourth-order valence-electron chi connectivity index (χ4n) is 13.6. The SMILES string of the molecule is CCCCC/C=C\C/C=C\CCCCCCC(O)CN(CCCCSSCCN1CCN(CCOC(=O)CCCCN(CC(O)CCCCCC/C=C\CCCCCCCC)CC(O)CCCCCC/C=C\CCCCCCCC)CC1)CC(O)CCCCCC/C=C\C/C=C\CCCCC. The molecular formula is C89H168N4O6S2. The van der Waals surface area contributed by atoms with Gasteiger partial charge >= 0.3 is 5.97 Å². The number of unbranched alkanes of at least 4 members (excludes halogenated alkanes) is 36. The number of carbonyl (C=O) groups excluding carboxylic acids is 1. The summed E-state index contributed by atoms with van der Waals surface area (Å²) in [6, 6.07) is 0. The van der Waals surface area contributed by atoms with E-state index in [2.05, 4.69) is 120 Å². The van der Waals surface area contributed by atoms with E-state index in [1.54, 1.807) is 0 Å². The van der Waals surface area contributed by atoms with Gasteiger partial charge in [-0.1, -0.05) is 289 Å². The first kappa shape index (κ1) is 97.3. The summed E-state index contributed by atoms with van der Waals surface area (Å²) in [5, 5.41) is 44.8. The fourth-order valence-corrected chi connectivity index (χ4v) is 15.8. The minimum absolute atomic E-state index is 0.119. The molecule has 1 aliphatic rings. The van der Waals surface area contributed by atoms with Gasteiger partial charge in [-0.3, -0.25) is 24.4 Å². The summed E-state index contributed by atoms with van der Waals surface area (Å²) in [5.74, 6) is 2.12. The molecule has 0 aromatic heterocycles. The lowest BCUT2D eigenvalue weighted by Gasteiger charge is -2.34. The van der Waals surface area contributed by atoms with Crippen LogP contribution in [0.25, 0.3) is 0 Å². The number of carbonyl (C=O) groups is 1. The van der Waals surface area contributed by atoms with E-state index >= 15 is 0 Å². The molecule has 4 unspecified atom stereocenters. The first-order chi connectivity index (χ1) is 49.7. The van der Waals surface area contributed by atoms with Crippen LogP contribution in [0.15, 0.2) is 72.9 Å². The molecular weight excluding hydrogens is 1290 g/mol. The van der Waals surface area contributed by atoms with Crippen molar-refractivity contribution in [2.45, 2.75) is 392 Å². The number of ether oxygens (including phenoxy) is 1. The van der Waals surface area contributed by atoms with E-state index in [0.717, 1.165) is 192 Å². The molecule has 10 nitrogen and oxygen atoms in total. The van der Waals surface area contributed by atoms with Crippen LogP contribution in [-0.4, -0.2) is 167 Å². The molecule has 0 bridgehead atoms. The molecule has 0 radical (unpaired) electrons. The highest BCUT2D eigenvalue weighted by Gasteiger charge is 2.20. The van der Waals surface area contributed by atoms with Crippen LogP contribution in [0, 0.1) is 0 Å². The Balaban J connectivity index is 2.44. The molecule has 1 aliphatic heterocycles. The number of esters is 1. The van der Waals surface area contributed by atoms with Gasteiger partial charge in [-0.25, -0.2) is 0 Å². The van der Waals surface area contributed by atoms with Crippen LogP contribution >= 0.6 is 21.6 Å². The van der Waals surface area contributed by atoms with Crippen LogP contribution in [0.5, 0.6) is 0 Å². The maximum absolute atomic E-state index is 12.9. The van der Waals surface area contributed by atoms with Crippen LogP contribution in [0.3, 0.4) is 0 Å². The van der Waals surface area contributed by atoms with Crippen LogP contribution in [0.4, 0.5) is 0 Å². The Kier molecular flexibility index (Phi) is 76.4. The van der Waals surface area contributed by atoms with E-state index in [1.807, 2.05) is 21.6 Å². The maximum Gasteiger partial charge on any atom is 0.305 e. The lowest BCUT2D eigenvalue weighted by molar-refractivity contribution is -0.144. The highest BCUT2D eigenvalue weighted by atomic mass is 33.1. The van der Waals surface area contributed by atoms with E-state index in [-0.39, 0.29) is 18.2 Å². The van der Waals surface area contributed by atoms with E-state index < -0.39 is 12.2 Å². The Labute approximate surface area is 635 Å². The number of aliphatic hydroxyl groups excluding tert-OH is 4. The van der Waals surface area contributed by atoms with Gasteiger partial charge in [0.25, 0.3) is 0 Å². The third kappa shape index (κ3) is 72.3. The summed E-state index contributed by atoms with van der Waals surface area (Å²) in [6.07, 6.45) is 88.3. The predicted octanol–water partition coefficient (Wildman–Crippen LogP) is 23.7. The van der Waals surface area contributed by atoms with Gasteiger partial charge in [0.15, 0.2) is 0 Å². The second kappa shape index (κ2) is 79.3. The van der Waals surface area contributed by atoms with Gasteiger partial charge in [-0.05, 0) is 180 Å². The second-order valence-electron chi connectivity index (χ2n) is 30.2. The Morgan fingerprint density at radius 3 is 0.970 bits per heavy atom. The number of nitrogens with zero attached hydrogens (tertiary/aromatic N) is 4. The van der Waals surface area contributed by atoms with Crippen molar-refractivity contribution in [1.29, 1.82) is 0 Å². The molecule has 1 fully saturated rings. The van der Waals surface area contributed by atoms with Gasteiger partial charge < -0.3 is 25.2 Å². The molecule has 0 aliphatic carbocycles. The summed E-state index contributed by atoms with van der Waals surface area (Å²) in [4.78, 5) is 22.6. The van der Waals surface area contributed by atoms with Gasteiger partial charge in [0.2, 0.25) is 0 Å². The summed E-state index contributed by atoms with van der Waals surface area (Å²) in [6.45, 7) is 19.7. The zero-order valence-corrected chi connectivity index (χ0v) is 68.7. The first-order valence-electron chi connectivity index (χ1n) is 43.6. The van der Waals surface area contributed by atoms with Crippen molar-refractivity contribution in [3.63, 3.8) is 0 Å². The summed E-state index contributed by atoms with van der Waals surface area (Å²) in [5.41, 5.74) is 0. The average Bonchev–Trinajstić information content (AvgIpc) is 1.08. The molecule has 4 N–H and O–H groups in total. The molecule has 0 aromatic carbocycles. The zero-order chi connectivity index (χ0) is 72.9. The fraction of sp³-hybridized carbons (Fsp3) is 0.854. The van der Waals surface area contributed by atoms with Crippen molar-refractivity contribution in [2.24, 2.45) is 0 Å². The topological polar surface area (TPSA) is 120 Å². The Morgan fingerprint density at radius 2 is 0.614 bits per heavy atom. The summed E-state index contributed by atoms with van der Waals surface area (Å²) >= 11 is 0. The first-order valence-corrected chi connectivity index (χ1v) is 46.1. The molecule has 0 saturated carbocycles. The standard InChI is InChI=1S/C89H168N4O6S2/c1-5-9-13-17-21-25-29-33-37-41-45-49-53-57-65-85(94)81-92(82-86(95)66-58-54-50-46-42-38-34-30-26-22-18-14-10-6-2)70-62-61-69-89(98)99-78-76-90-72-74-91(75-73-90)77-80-101-100-79-64-63-71-93(83-87(96)67-59-55-51-47-43-39-35-31-27-23-19-15-11-7-3)84-88(97)68-60-56-52-48-44-40-36-32-28-24-20-16-12-8-4/h23-24,27-28,33-40,85-88,94-97H,5-22,25-26,29-32,41-84H2,1-4H3/b27-23-,28-24-,37-33-,38-34-,39-35-,40-36-. The second-order valence-corrected chi connectivity index (χ2v) is 32.9. The van der Waals surface area contributed by atoms with E-state index in [4.69, 9.17) is 4.74 Å². The minimum atomic E-state index is -0.403. The molecule has 0 aromatic rings. The smallest absolute Gasteiger partial charge is 0.305 e. The number of rotatable bonds is 79. The summed E-state index contributed by atoms with van der Waals surface area (Å²) < 4.78 is 5.77. The Bertz CT molecular complexity index is 1780. The van der Waals surface area contributed by atoms with E-state index in [0.29, 0.717) is 39.2 Å². The van der Waals surface area contributed by atoms with Gasteiger partial charge in [0.1, 0.15) is 6.61 Å². The molecule has 0 amide bonds. The third-order valence-electron chi connectivity index (χ3n) is 20.2. The quantitative estimate of drug-likeness (QED) is 0.0201. The number of hydrogen-bond donors (Lipinski definition) is 4. The van der Waals surface area contributed by atoms with Gasteiger partial charge in [0, 0.05) is 83.4 Å². The monoisotopic (exact) mass is 1450 g/mol.